The third kappa shape index (κ3) is 2.16. The summed E-state index contributed by atoms with van der Waals surface area (Å²) >= 11 is 0. The van der Waals surface area contributed by atoms with Crippen LogP contribution in [0.15, 0.2) is 24.5 Å². The van der Waals surface area contributed by atoms with Crippen molar-refractivity contribution >= 4 is 11.5 Å². The Balaban J connectivity index is 2.93. The van der Waals surface area contributed by atoms with E-state index < -0.39 is 0 Å². The minimum absolute atomic E-state index is 0.111. The minimum atomic E-state index is -0.111. The Morgan fingerprint density at radius 2 is 2.08 bits per heavy atom. The van der Waals surface area contributed by atoms with E-state index in [2.05, 4.69) is 9.97 Å². The number of carbonyl (C=O) groups is 1. The monoisotopic (exact) mass is 163 g/mol. The predicted molar refractivity (Wildman–Crippen MR) is 44.9 cm³/mol. The fourth-order valence-corrected chi connectivity index (χ4v) is 0.732. The second-order valence-corrected chi connectivity index (χ2v) is 2.28. The lowest BCUT2D eigenvalue weighted by atomic mass is 10.3. The van der Waals surface area contributed by atoms with E-state index in [4.69, 9.17) is 5.73 Å². The van der Waals surface area contributed by atoms with E-state index in [1.54, 1.807) is 18.5 Å². The fraction of sp³-hybridized carbons (Fsp3) is 0.125. The van der Waals surface area contributed by atoms with Gasteiger partial charge in [0.15, 0.2) is 11.6 Å². The number of nitrogens with zero attached hydrogens (tertiary/aromatic N) is 2. The molecule has 0 saturated carbocycles. The highest BCUT2D eigenvalue weighted by molar-refractivity contribution is 5.93. The van der Waals surface area contributed by atoms with Crippen LogP contribution in [0.2, 0.25) is 0 Å². The summed E-state index contributed by atoms with van der Waals surface area (Å²) in [4.78, 5) is 18.4. The maximum Gasteiger partial charge on any atom is 0.175 e. The number of aromatic nitrogens is 2. The quantitative estimate of drug-likeness (QED) is 0.639. The van der Waals surface area contributed by atoms with Crippen LogP contribution in [0, 0.1) is 0 Å². The van der Waals surface area contributed by atoms with Gasteiger partial charge in [0, 0.05) is 18.5 Å². The smallest absolute Gasteiger partial charge is 0.175 e. The lowest BCUT2D eigenvalue weighted by Crippen LogP contribution is -2.03. The van der Waals surface area contributed by atoms with Crippen LogP contribution in [-0.2, 0) is 4.79 Å². The molecule has 1 rings (SSSR count). The summed E-state index contributed by atoms with van der Waals surface area (Å²) in [7, 11) is 0. The van der Waals surface area contributed by atoms with Gasteiger partial charge in [0.25, 0.3) is 0 Å². The summed E-state index contributed by atoms with van der Waals surface area (Å²) in [6, 6.07) is 1.69. The Morgan fingerprint density at radius 1 is 1.50 bits per heavy atom. The number of allylic oxidation sites excluding steroid dienone is 1. The van der Waals surface area contributed by atoms with Crippen molar-refractivity contribution in [2.45, 2.75) is 6.92 Å². The van der Waals surface area contributed by atoms with Gasteiger partial charge in [-0.2, -0.15) is 0 Å². The molecule has 1 aromatic rings. The zero-order valence-corrected chi connectivity index (χ0v) is 6.69. The van der Waals surface area contributed by atoms with Gasteiger partial charge < -0.3 is 5.73 Å². The zero-order valence-electron chi connectivity index (χ0n) is 6.69. The van der Waals surface area contributed by atoms with Crippen LogP contribution in [0.3, 0.4) is 0 Å². The molecule has 1 aromatic heterocycles. The third-order valence-corrected chi connectivity index (χ3v) is 1.18. The van der Waals surface area contributed by atoms with Crippen LogP contribution in [0.5, 0.6) is 0 Å². The van der Waals surface area contributed by atoms with E-state index in [1.807, 2.05) is 0 Å². The van der Waals surface area contributed by atoms with Crippen molar-refractivity contribution in [2.24, 2.45) is 5.73 Å². The van der Waals surface area contributed by atoms with Crippen LogP contribution >= 0.6 is 0 Å². The minimum Gasteiger partial charge on any atom is -0.396 e. The maximum atomic E-state index is 10.6. The SMILES string of the molecule is CC(=O)/C=C(/N)c1ncccn1. The lowest BCUT2D eigenvalue weighted by Gasteiger charge is -1.95. The maximum absolute atomic E-state index is 10.6. The molecule has 0 aliphatic carbocycles. The molecule has 12 heavy (non-hydrogen) atoms. The van der Waals surface area contributed by atoms with Gasteiger partial charge in [-0.1, -0.05) is 0 Å². The van der Waals surface area contributed by atoms with Gasteiger partial charge in [-0.15, -0.1) is 0 Å². The van der Waals surface area contributed by atoms with Gasteiger partial charge in [-0.05, 0) is 13.0 Å². The van der Waals surface area contributed by atoms with E-state index in [0.29, 0.717) is 11.5 Å². The number of ketones is 1. The second kappa shape index (κ2) is 3.61. The molecule has 4 heteroatoms. The Labute approximate surface area is 70.1 Å². The van der Waals surface area contributed by atoms with Gasteiger partial charge in [0.2, 0.25) is 0 Å². The van der Waals surface area contributed by atoms with Gasteiger partial charge in [0.1, 0.15) is 0 Å². The highest BCUT2D eigenvalue weighted by Crippen LogP contribution is 1.99. The van der Waals surface area contributed by atoms with Crippen LogP contribution in [-0.4, -0.2) is 15.8 Å². The molecule has 0 saturated heterocycles. The first-order valence-electron chi connectivity index (χ1n) is 3.45. The molecule has 0 radical (unpaired) electrons. The van der Waals surface area contributed by atoms with Crippen molar-refractivity contribution in [3.05, 3.63) is 30.4 Å². The Morgan fingerprint density at radius 3 is 2.58 bits per heavy atom. The van der Waals surface area contributed by atoms with Crippen molar-refractivity contribution in [3.63, 3.8) is 0 Å². The van der Waals surface area contributed by atoms with Crippen molar-refractivity contribution in [1.82, 2.24) is 9.97 Å². The second-order valence-electron chi connectivity index (χ2n) is 2.28. The van der Waals surface area contributed by atoms with Crippen molar-refractivity contribution in [3.8, 4) is 0 Å². The fourth-order valence-electron chi connectivity index (χ4n) is 0.732. The largest absolute Gasteiger partial charge is 0.396 e. The number of nitrogens with two attached hydrogens (primary N) is 1. The third-order valence-electron chi connectivity index (χ3n) is 1.18. The molecule has 0 amide bonds. The highest BCUT2D eigenvalue weighted by Gasteiger charge is 1.98. The Bertz CT molecular complexity index is 305. The first-order chi connectivity index (χ1) is 5.70. The first-order valence-corrected chi connectivity index (χ1v) is 3.45. The first kappa shape index (κ1) is 8.39. The predicted octanol–water partition coefficient (Wildman–Crippen LogP) is 0.365. The van der Waals surface area contributed by atoms with Crippen LogP contribution in [0.25, 0.3) is 5.70 Å². The molecule has 0 aliphatic rings. The van der Waals surface area contributed by atoms with Gasteiger partial charge >= 0.3 is 0 Å². The summed E-state index contributed by atoms with van der Waals surface area (Å²) in [6.07, 6.45) is 4.45. The van der Waals surface area contributed by atoms with E-state index in [9.17, 15) is 4.79 Å². The zero-order chi connectivity index (χ0) is 8.97. The molecule has 4 nitrogen and oxygen atoms in total. The van der Waals surface area contributed by atoms with Crippen molar-refractivity contribution in [2.75, 3.05) is 0 Å². The summed E-state index contributed by atoms with van der Waals surface area (Å²) in [5, 5.41) is 0. The Kier molecular flexibility index (Phi) is 2.53. The van der Waals surface area contributed by atoms with Gasteiger partial charge in [-0.3, -0.25) is 4.79 Å². The van der Waals surface area contributed by atoms with Crippen LogP contribution < -0.4 is 5.73 Å². The van der Waals surface area contributed by atoms with Crippen molar-refractivity contribution < 1.29 is 4.79 Å². The molecule has 0 fully saturated rings. The average Bonchev–Trinajstić information content (AvgIpc) is 2.05. The molecule has 62 valence electrons. The molecule has 2 N–H and O–H groups in total. The number of rotatable bonds is 2. The lowest BCUT2D eigenvalue weighted by molar-refractivity contribution is -0.112. The molecule has 0 spiro atoms. The van der Waals surface area contributed by atoms with Crippen LogP contribution in [0.1, 0.15) is 12.7 Å². The molecular weight excluding hydrogens is 154 g/mol. The van der Waals surface area contributed by atoms with E-state index in [1.165, 1.54) is 13.0 Å². The van der Waals surface area contributed by atoms with Crippen molar-refractivity contribution in [1.29, 1.82) is 0 Å². The summed E-state index contributed by atoms with van der Waals surface area (Å²) < 4.78 is 0. The van der Waals surface area contributed by atoms with Gasteiger partial charge in [0.05, 0.1) is 5.70 Å². The molecule has 1 heterocycles. The highest BCUT2D eigenvalue weighted by atomic mass is 16.1. The van der Waals surface area contributed by atoms with E-state index in [-0.39, 0.29) is 5.78 Å². The topological polar surface area (TPSA) is 68.9 Å². The normalized spacial score (nSPS) is 11.2. The van der Waals surface area contributed by atoms with E-state index >= 15 is 0 Å². The average molecular weight is 163 g/mol. The van der Waals surface area contributed by atoms with Gasteiger partial charge in [-0.25, -0.2) is 9.97 Å². The summed E-state index contributed by atoms with van der Waals surface area (Å²) in [6.45, 7) is 1.43. The molecular formula is C8H9N3O. The summed E-state index contributed by atoms with van der Waals surface area (Å²) in [5.74, 6) is 0.271. The standard InChI is InChI=1S/C8H9N3O/c1-6(12)5-7(9)8-10-3-2-4-11-8/h2-5H,9H2,1H3/b7-5+. The summed E-state index contributed by atoms with van der Waals surface area (Å²) in [5.41, 5.74) is 5.81. The Hall–Kier alpha value is -1.71. The van der Waals surface area contributed by atoms with E-state index in [0.717, 1.165) is 0 Å². The molecule has 0 bridgehead atoms. The molecule has 0 unspecified atom stereocenters. The number of hydrogen-bond acceptors (Lipinski definition) is 4. The molecule has 0 aliphatic heterocycles. The number of hydrogen-bond donors (Lipinski definition) is 1. The molecule has 0 atom stereocenters. The number of carbonyl (C=O) groups excluding carboxylic acids is 1. The molecule has 0 aromatic carbocycles. The van der Waals surface area contributed by atoms with Crippen LogP contribution in [0.4, 0.5) is 0 Å².